The fourth-order valence-electron chi connectivity index (χ4n) is 2.36. The van der Waals surface area contributed by atoms with Gasteiger partial charge in [0.25, 0.3) is 0 Å². The third-order valence-corrected chi connectivity index (χ3v) is 5.19. The van der Waals surface area contributed by atoms with Crippen LogP contribution in [0.1, 0.15) is 26.3 Å². The zero-order chi connectivity index (χ0) is 18.8. The molecule has 2 aromatic carbocycles. The van der Waals surface area contributed by atoms with Crippen LogP contribution in [0.4, 0.5) is 14.5 Å². The number of anilines is 1. The fourth-order valence-corrected chi connectivity index (χ4v) is 3.50. The molecule has 0 saturated heterocycles. The predicted octanol–water partition coefficient (Wildman–Crippen LogP) is 3.67. The average Bonchev–Trinajstić information content (AvgIpc) is 2.48. The Morgan fingerprint density at radius 3 is 2.28 bits per heavy atom. The minimum Gasteiger partial charge on any atom is -0.325 e. The maximum atomic E-state index is 13.2. The van der Waals surface area contributed by atoms with Crippen molar-refractivity contribution >= 4 is 21.4 Å². The highest BCUT2D eigenvalue weighted by atomic mass is 32.2. The number of sulfone groups is 1. The van der Waals surface area contributed by atoms with Crippen molar-refractivity contribution in [3.63, 3.8) is 0 Å². The molecule has 0 bridgehead atoms. The first-order valence-corrected chi connectivity index (χ1v) is 9.23. The highest BCUT2D eigenvalue weighted by Gasteiger charge is 2.23. The summed E-state index contributed by atoms with van der Waals surface area (Å²) in [7, 11) is -4.09. The molecule has 4 nitrogen and oxygen atoms in total. The number of amides is 1. The molecule has 0 heterocycles. The normalized spacial score (nSPS) is 12.0. The molecule has 1 amide bonds. The lowest BCUT2D eigenvalue weighted by Crippen LogP contribution is -2.25. The summed E-state index contributed by atoms with van der Waals surface area (Å²) < 4.78 is 50.6. The lowest BCUT2D eigenvalue weighted by molar-refractivity contribution is -0.113. The molecule has 7 heteroatoms. The van der Waals surface area contributed by atoms with Crippen LogP contribution in [0.3, 0.4) is 0 Å². The molecule has 0 aliphatic heterocycles. The Bertz CT molecular complexity index is 903. The van der Waals surface area contributed by atoms with Gasteiger partial charge in [-0.2, -0.15) is 0 Å². The molecule has 0 saturated carbocycles. The van der Waals surface area contributed by atoms with E-state index in [2.05, 4.69) is 5.32 Å². The molecule has 2 rings (SSSR count). The summed E-state index contributed by atoms with van der Waals surface area (Å²) >= 11 is 0. The SMILES string of the molecule is CC(C)(C)c1ccccc1NC(=O)CS(=O)(=O)c1ccc(F)c(F)c1. The Morgan fingerprint density at radius 2 is 1.68 bits per heavy atom. The van der Waals surface area contributed by atoms with E-state index in [1.165, 1.54) is 0 Å². The van der Waals surface area contributed by atoms with Crippen molar-refractivity contribution in [3.05, 3.63) is 59.7 Å². The fraction of sp³-hybridized carbons (Fsp3) is 0.278. The second-order valence-electron chi connectivity index (χ2n) is 6.68. The third-order valence-electron chi connectivity index (χ3n) is 3.58. The van der Waals surface area contributed by atoms with E-state index < -0.39 is 38.0 Å². The van der Waals surface area contributed by atoms with Gasteiger partial charge in [-0.25, -0.2) is 17.2 Å². The highest BCUT2D eigenvalue weighted by Crippen LogP contribution is 2.29. The zero-order valence-electron chi connectivity index (χ0n) is 14.1. The van der Waals surface area contributed by atoms with E-state index >= 15 is 0 Å². The van der Waals surface area contributed by atoms with Crippen molar-refractivity contribution < 1.29 is 22.0 Å². The Kier molecular flexibility index (Phi) is 5.27. The van der Waals surface area contributed by atoms with Gasteiger partial charge in [0, 0.05) is 5.69 Å². The zero-order valence-corrected chi connectivity index (χ0v) is 15.0. The predicted molar refractivity (Wildman–Crippen MR) is 92.2 cm³/mol. The molecule has 0 fully saturated rings. The molecular weight excluding hydrogens is 348 g/mol. The smallest absolute Gasteiger partial charge is 0.239 e. The number of benzene rings is 2. The number of carbonyl (C=O) groups is 1. The molecule has 2 aromatic rings. The van der Waals surface area contributed by atoms with Crippen molar-refractivity contribution in [2.24, 2.45) is 0 Å². The van der Waals surface area contributed by atoms with Crippen LogP contribution < -0.4 is 5.32 Å². The van der Waals surface area contributed by atoms with Crippen LogP contribution in [0.5, 0.6) is 0 Å². The number of para-hydroxylation sites is 1. The summed E-state index contributed by atoms with van der Waals surface area (Å²) in [4.78, 5) is 11.7. The summed E-state index contributed by atoms with van der Waals surface area (Å²) in [6.07, 6.45) is 0. The summed E-state index contributed by atoms with van der Waals surface area (Å²) in [5.41, 5.74) is 1.12. The Labute approximate surface area is 145 Å². The minimum atomic E-state index is -4.09. The van der Waals surface area contributed by atoms with E-state index in [4.69, 9.17) is 0 Å². The van der Waals surface area contributed by atoms with Gasteiger partial charge < -0.3 is 5.32 Å². The highest BCUT2D eigenvalue weighted by molar-refractivity contribution is 7.92. The van der Waals surface area contributed by atoms with Crippen molar-refractivity contribution in [2.75, 3.05) is 11.1 Å². The largest absolute Gasteiger partial charge is 0.325 e. The molecule has 25 heavy (non-hydrogen) atoms. The van der Waals surface area contributed by atoms with Gasteiger partial charge in [-0.15, -0.1) is 0 Å². The second kappa shape index (κ2) is 6.92. The van der Waals surface area contributed by atoms with Gasteiger partial charge in [-0.1, -0.05) is 39.0 Å². The molecule has 0 radical (unpaired) electrons. The molecule has 0 aromatic heterocycles. The number of halogens is 2. The molecule has 0 unspecified atom stereocenters. The van der Waals surface area contributed by atoms with E-state index in [0.29, 0.717) is 11.8 Å². The van der Waals surface area contributed by atoms with Gasteiger partial charge in [-0.3, -0.25) is 4.79 Å². The molecular formula is C18H19F2NO3S. The monoisotopic (exact) mass is 367 g/mol. The summed E-state index contributed by atoms with van der Waals surface area (Å²) in [5.74, 6) is -4.04. The minimum absolute atomic E-state index is 0.247. The first-order valence-electron chi connectivity index (χ1n) is 7.58. The van der Waals surface area contributed by atoms with Gasteiger partial charge in [-0.05, 0) is 35.2 Å². The number of nitrogens with one attached hydrogen (secondary N) is 1. The molecule has 0 aliphatic carbocycles. The van der Waals surface area contributed by atoms with Crippen LogP contribution >= 0.6 is 0 Å². The lowest BCUT2D eigenvalue weighted by Gasteiger charge is -2.23. The maximum absolute atomic E-state index is 13.2. The van der Waals surface area contributed by atoms with E-state index in [1.54, 1.807) is 12.1 Å². The number of carbonyl (C=O) groups excluding carboxylic acids is 1. The van der Waals surface area contributed by atoms with Crippen LogP contribution in [0.15, 0.2) is 47.4 Å². The van der Waals surface area contributed by atoms with E-state index in [0.717, 1.165) is 17.7 Å². The number of rotatable bonds is 4. The lowest BCUT2D eigenvalue weighted by atomic mass is 9.86. The van der Waals surface area contributed by atoms with Crippen molar-refractivity contribution in [1.29, 1.82) is 0 Å². The average molecular weight is 367 g/mol. The molecule has 0 atom stereocenters. The standard InChI is InChI=1S/C18H19F2NO3S/c1-18(2,3)13-6-4-5-7-16(13)21-17(22)11-25(23,24)12-8-9-14(19)15(20)10-12/h4-10H,11H2,1-3H3,(H,21,22). The van der Waals surface area contributed by atoms with Crippen LogP contribution in [0.2, 0.25) is 0 Å². The summed E-state index contributed by atoms with van der Waals surface area (Å²) in [6, 6.07) is 9.31. The first kappa shape index (κ1) is 19.1. The van der Waals surface area contributed by atoms with Crippen LogP contribution in [0.25, 0.3) is 0 Å². The van der Waals surface area contributed by atoms with Crippen molar-refractivity contribution in [1.82, 2.24) is 0 Å². The third kappa shape index (κ3) is 4.63. The molecule has 0 spiro atoms. The van der Waals surface area contributed by atoms with Gasteiger partial charge in [0.1, 0.15) is 5.75 Å². The number of hydrogen-bond acceptors (Lipinski definition) is 3. The van der Waals surface area contributed by atoms with E-state index in [1.807, 2.05) is 32.9 Å². The molecule has 0 aliphatic rings. The number of hydrogen-bond donors (Lipinski definition) is 1. The molecule has 134 valence electrons. The Morgan fingerprint density at radius 1 is 1.04 bits per heavy atom. The van der Waals surface area contributed by atoms with Crippen LogP contribution in [-0.4, -0.2) is 20.1 Å². The maximum Gasteiger partial charge on any atom is 0.239 e. The summed E-state index contributed by atoms with van der Waals surface area (Å²) in [6.45, 7) is 5.90. The van der Waals surface area contributed by atoms with Crippen LogP contribution in [0, 0.1) is 11.6 Å². The Hall–Kier alpha value is -2.28. The Balaban J connectivity index is 2.22. The second-order valence-corrected chi connectivity index (χ2v) is 8.67. The van der Waals surface area contributed by atoms with Gasteiger partial charge in [0.15, 0.2) is 21.5 Å². The van der Waals surface area contributed by atoms with Crippen LogP contribution in [-0.2, 0) is 20.0 Å². The van der Waals surface area contributed by atoms with E-state index in [-0.39, 0.29) is 5.41 Å². The van der Waals surface area contributed by atoms with Gasteiger partial charge in [0.05, 0.1) is 4.90 Å². The molecule has 1 N–H and O–H groups in total. The topological polar surface area (TPSA) is 63.2 Å². The van der Waals surface area contributed by atoms with Crippen molar-refractivity contribution in [3.8, 4) is 0 Å². The first-order chi connectivity index (χ1) is 11.5. The van der Waals surface area contributed by atoms with E-state index in [9.17, 15) is 22.0 Å². The van der Waals surface area contributed by atoms with Gasteiger partial charge in [0.2, 0.25) is 5.91 Å². The quantitative estimate of drug-likeness (QED) is 0.839. The van der Waals surface area contributed by atoms with Gasteiger partial charge >= 0.3 is 0 Å². The summed E-state index contributed by atoms with van der Waals surface area (Å²) in [5, 5.41) is 2.58. The van der Waals surface area contributed by atoms with Crippen molar-refractivity contribution in [2.45, 2.75) is 31.1 Å².